The van der Waals surface area contributed by atoms with Gasteiger partial charge in [-0.15, -0.1) is 5.10 Å². The molecular formula is C21H24N4O3S. The molecular weight excluding hydrogens is 388 g/mol. The minimum absolute atomic E-state index is 0.364. The molecule has 2 heterocycles. The summed E-state index contributed by atoms with van der Waals surface area (Å²) in [5, 5.41) is 4.58. The third-order valence-electron chi connectivity index (χ3n) is 5.09. The molecule has 0 aliphatic carbocycles. The zero-order chi connectivity index (χ0) is 20.2. The summed E-state index contributed by atoms with van der Waals surface area (Å²) in [5.41, 5.74) is 2.01. The van der Waals surface area contributed by atoms with Gasteiger partial charge in [0.15, 0.2) is 0 Å². The Morgan fingerprint density at radius 3 is 2.38 bits per heavy atom. The highest BCUT2D eigenvalue weighted by atomic mass is 32.1. The maximum Gasteiger partial charge on any atom is 0.288 e. The number of hydrogen-bond acceptors (Lipinski definition) is 7. The molecule has 1 saturated heterocycles. The second-order valence-electron chi connectivity index (χ2n) is 6.82. The number of para-hydroxylation sites is 1. The lowest BCUT2D eigenvalue weighted by Crippen LogP contribution is -2.46. The van der Waals surface area contributed by atoms with E-state index in [0.29, 0.717) is 23.1 Å². The van der Waals surface area contributed by atoms with Crippen LogP contribution in [0.2, 0.25) is 0 Å². The molecule has 8 heteroatoms. The molecule has 4 rings (SSSR count). The molecule has 7 nitrogen and oxygen atoms in total. The molecule has 1 aliphatic heterocycles. The second-order valence-corrected chi connectivity index (χ2v) is 7.17. The number of piperazine rings is 1. The molecule has 0 amide bonds. The van der Waals surface area contributed by atoms with Gasteiger partial charge in [-0.3, -0.25) is 4.90 Å². The number of ether oxygens (including phenoxy) is 2. The van der Waals surface area contributed by atoms with Gasteiger partial charge in [0.1, 0.15) is 11.5 Å². The van der Waals surface area contributed by atoms with E-state index in [1.54, 1.807) is 18.9 Å². The first-order valence-corrected chi connectivity index (χ1v) is 9.91. The van der Waals surface area contributed by atoms with Crippen molar-refractivity contribution in [1.29, 1.82) is 0 Å². The summed E-state index contributed by atoms with van der Waals surface area (Å²) in [6, 6.07) is 15.8. The smallest absolute Gasteiger partial charge is 0.288 e. The maximum absolute atomic E-state index is 5.73. The Labute approximate surface area is 175 Å². The van der Waals surface area contributed by atoms with Crippen molar-refractivity contribution < 1.29 is 13.9 Å². The monoisotopic (exact) mass is 412 g/mol. The summed E-state index contributed by atoms with van der Waals surface area (Å²) in [6.45, 7) is 4.33. The summed E-state index contributed by atoms with van der Waals surface area (Å²) >= 11 is 5.39. The molecule has 1 aromatic heterocycles. The standard InChI is InChI=1S/C21H24N4O3S/c1-26-17-9-7-16(8-10-17)24-13-11-23(12-14-24)15-25-21(29)28-20(22-25)18-5-3-4-6-19(18)27-2/h3-10H,11-15H2,1-2H3. The van der Waals surface area contributed by atoms with Crippen LogP contribution >= 0.6 is 12.2 Å². The number of aromatic nitrogens is 2. The summed E-state index contributed by atoms with van der Waals surface area (Å²) in [5.74, 6) is 2.06. The fraction of sp³-hybridized carbons (Fsp3) is 0.333. The molecule has 0 atom stereocenters. The van der Waals surface area contributed by atoms with E-state index < -0.39 is 0 Å². The number of nitrogens with zero attached hydrogens (tertiary/aromatic N) is 4. The van der Waals surface area contributed by atoms with Gasteiger partial charge < -0.3 is 18.8 Å². The Balaban J connectivity index is 1.41. The molecule has 0 unspecified atom stereocenters. The van der Waals surface area contributed by atoms with E-state index in [2.05, 4.69) is 27.0 Å². The van der Waals surface area contributed by atoms with Gasteiger partial charge in [0.2, 0.25) is 0 Å². The van der Waals surface area contributed by atoms with Gasteiger partial charge in [0, 0.05) is 31.9 Å². The van der Waals surface area contributed by atoms with E-state index in [9.17, 15) is 0 Å². The normalized spacial score (nSPS) is 14.8. The molecule has 0 bridgehead atoms. The van der Waals surface area contributed by atoms with Crippen LogP contribution in [-0.2, 0) is 6.67 Å². The second kappa shape index (κ2) is 8.67. The molecule has 0 saturated carbocycles. The Bertz CT molecular complexity index is 1010. The van der Waals surface area contributed by atoms with E-state index >= 15 is 0 Å². The number of benzene rings is 2. The first-order chi connectivity index (χ1) is 14.2. The van der Waals surface area contributed by atoms with Crippen LogP contribution in [0.5, 0.6) is 11.5 Å². The van der Waals surface area contributed by atoms with Gasteiger partial charge in [-0.25, -0.2) is 4.68 Å². The molecule has 1 aliphatic rings. The van der Waals surface area contributed by atoms with Crippen LogP contribution in [0.1, 0.15) is 0 Å². The molecule has 29 heavy (non-hydrogen) atoms. The fourth-order valence-corrected chi connectivity index (χ4v) is 3.63. The van der Waals surface area contributed by atoms with Gasteiger partial charge >= 0.3 is 0 Å². The summed E-state index contributed by atoms with van der Waals surface area (Å²) < 4.78 is 18.1. The number of methoxy groups -OCH3 is 2. The Hall–Kier alpha value is -2.84. The average Bonchev–Trinajstić information content (AvgIpc) is 3.14. The SMILES string of the molecule is COc1ccc(N2CCN(Cn3nc(-c4ccccc4OC)oc3=S)CC2)cc1. The predicted octanol–water partition coefficient (Wildman–Crippen LogP) is 3.67. The lowest BCUT2D eigenvalue weighted by atomic mass is 10.2. The van der Waals surface area contributed by atoms with Crippen molar-refractivity contribution in [3.8, 4) is 23.0 Å². The first-order valence-electron chi connectivity index (χ1n) is 9.50. The van der Waals surface area contributed by atoms with Crippen molar-refractivity contribution in [3.63, 3.8) is 0 Å². The summed E-state index contributed by atoms with van der Waals surface area (Å²) in [6.07, 6.45) is 0. The Kier molecular flexibility index (Phi) is 5.82. The zero-order valence-electron chi connectivity index (χ0n) is 16.6. The largest absolute Gasteiger partial charge is 0.497 e. The minimum Gasteiger partial charge on any atom is -0.497 e. The van der Waals surface area contributed by atoms with Gasteiger partial charge in [0.25, 0.3) is 10.7 Å². The molecule has 3 aromatic rings. The minimum atomic E-state index is 0.364. The van der Waals surface area contributed by atoms with E-state index in [1.807, 2.05) is 36.4 Å². The van der Waals surface area contributed by atoms with Gasteiger partial charge in [-0.1, -0.05) is 12.1 Å². The average molecular weight is 413 g/mol. The van der Waals surface area contributed by atoms with Crippen molar-refractivity contribution >= 4 is 17.9 Å². The predicted molar refractivity (Wildman–Crippen MR) is 114 cm³/mol. The van der Waals surface area contributed by atoms with Crippen LogP contribution in [0.3, 0.4) is 0 Å². The van der Waals surface area contributed by atoms with Crippen LogP contribution in [0.15, 0.2) is 52.9 Å². The highest BCUT2D eigenvalue weighted by Gasteiger charge is 2.19. The van der Waals surface area contributed by atoms with Crippen molar-refractivity contribution in [2.45, 2.75) is 6.67 Å². The number of anilines is 1. The molecule has 0 spiro atoms. The van der Waals surface area contributed by atoms with Gasteiger partial charge in [-0.2, -0.15) is 0 Å². The van der Waals surface area contributed by atoms with Crippen LogP contribution in [0, 0.1) is 4.84 Å². The summed E-state index contributed by atoms with van der Waals surface area (Å²) in [7, 11) is 3.31. The third kappa shape index (κ3) is 4.28. The van der Waals surface area contributed by atoms with Crippen molar-refractivity contribution in [2.24, 2.45) is 0 Å². The third-order valence-corrected chi connectivity index (χ3v) is 5.38. The van der Waals surface area contributed by atoms with E-state index in [0.717, 1.165) is 37.5 Å². The van der Waals surface area contributed by atoms with E-state index in [-0.39, 0.29) is 0 Å². The molecule has 1 fully saturated rings. The van der Waals surface area contributed by atoms with E-state index in [1.165, 1.54) is 5.69 Å². The van der Waals surface area contributed by atoms with Crippen molar-refractivity contribution in [1.82, 2.24) is 14.7 Å². The van der Waals surface area contributed by atoms with Crippen LogP contribution in [-0.4, -0.2) is 55.1 Å². The molecule has 0 N–H and O–H groups in total. The molecule has 2 aromatic carbocycles. The highest BCUT2D eigenvalue weighted by Crippen LogP contribution is 2.28. The first kappa shape index (κ1) is 19.5. The fourth-order valence-electron chi connectivity index (χ4n) is 3.46. The lowest BCUT2D eigenvalue weighted by Gasteiger charge is -2.35. The topological polar surface area (TPSA) is 55.9 Å². The molecule has 0 radical (unpaired) electrons. The Morgan fingerprint density at radius 2 is 1.69 bits per heavy atom. The maximum atomic E-state index is 5.73. The van der Waals surface area contributed by atoms with Crippen LogP contribution in [0.4, 0.5) is 5.69 Å². The van der Waals surface area contributed by atoms with Gasteiger partial charge in [-0.05, 0) is 48.6 Å². The quantitative estimate of drug-likeness (QED) is 0.573. The highest BCUT2D eigenvalue weighted by molar-refractivity contribution is 7.71. The zero-order valence-corrected chi connectivity index (χ0v) is 17.4. The van der Waals surface area contributed by atoms with E-state index in [4.69, 9.17) is 26.1 Å². The number of rotatable bonds is 6. The van der Waals surface area contributed by atoms with Crippen molar-refractivity contribution in [3.05, 3.63) is 53.4 Å². The van der Waals surface area contributed by atoms with Crippen LogP contribution < -0.4 is 14.4 Å². The Morgan fingerprint density at radius 1 is 0.966 bits per heavy atom. The summed E-state index contributed by atoms with van der Waals surface area (Å²) in [4.78, 5) is 5.06. The molecule has 152 valence electrons. The number of hydrogen-bond donors (Lipinski definition) is 0. The van der Waals surface area contributed by atoms with Gasteiger partial charge in [0.05, 0.1) is 26.5 Å². The van der Waals surface area contributed by atoms with Crippen molar-refractivity contribution in [2.75, 3.05) is 45.3 Å². The lowest BCUT2D eigenvalue weighted by molar-refractivity contribution is 0.192. The van der Waals surface area contributed by atoms with Crippen LogP contribution in [0.25, 0.3) is 11.5 Å².